The SMILES string of the molecule is CCOC(=O)c1nn(-c2ccc(Br)cc2)c(-c2ccccc2)c1C. The van der Waals surface area contributed by atoms with Crippen molar-refractivity contribution in [3.05, 3.63) is 70.3 Å². The molecule has 0 spiro atoms. The van der Waals surface area contributed by atoms with Gasteiger partial charge in [-0.2, -0.15) is 5.10 Å². The van der Waals surface area contributed by atoms with Crippen LogP contribution in [0, 0.1) is 6.92 Å². The lowest BCUT2D eigenvalue weighted by Crippen LogP contribution is -2.07. The number of benzene rings is 2. The Labute approximate surface area is 149 Å². The average Bonchev–Trinajstić information content (AvgIpc) is 2.94. The summed E-state index contributed by atoms with van der Waals surface area (Å²) in [6, 6.07) is 17.7. The molecule has 0 fully saturated rings. The summed E-state index contributed by atoms with van der Waals surface area (Å²) in [7, 11) is 0. The van der Waals surface area contributed by atoms with E-state index >= 15 is 0 Å². The molecule has 1 heterocycles. The van der Waals surface area contributed by atoms with E-state index in [1.54, 1.807) is 11.6 Å². The van der Waals surface area contributed by atoms with Gasteiger partial charge in [0.1, 0.15) is 0 Å². The molecule has 1 aromatic heterocycles. The minimum Gasteiger partial charge on any atom is -0.461 e. The highest BCUT2D eigenvalue weighted by atomic mass is 79.9. The van der Waals surface area contributed by atoms with Crippen LogP contribution >= 0.6 is 15.9 Å². The highest BCUT2D eigenvalue weighted by Gasteiger charge is 2.22. The molecule has 0 radical (unpaired) electrons. The summed E-state index contributed by atoms with van der Waals surface area (Å²) >= 11 is 3.44. The van der Waals surface area contributed by atoms with Crippen LogP contribution in [0.3, 0.4) is 0 Å². The molecule has 0 amide bonds. The van der Waals surface area contributed by atoms with Crippen molar-refractivity contribution >= 4 is 21.9 Å². The maximum Gasteiger partial charge on any atom is 0.359 e. The fraction of sp³-hybridized carbons (Fsp3) is 0.158. The largest absolute Gasteiger partial charge is 0.461 e. The van der Waals surface area contributed by atoms with Gasteiger partial charge in [-0.25, -0.2) is 9.48 Å². The number of carbonyl (C=O) groups is 1. The summed E-state index contributed by atoms with van der Waals surface area (Å²) in [6.45, 7) is 4.01. The Hall–Kier alpha value is -2.40. The zero-order chi connectivity index (χ0) is 17.1. The van der Waals surface area contributed by atoms with E-state index in [9.17, 15) is 4.79 Å². The van der Waals surface area contributed by atoms with Gasteiger partial charge in [-0.3, -0.25) is 0 Å². The summed E-state index contributed by atoms with van der Waals surface area (Å²) in [5.41, 5.74) is 3.93. The van der Waals surface area contributed by atoms with Gasteiger partial charge >= 0.3 is 5.97 Å². The van der Waals surface area contributed by atoms with Crippen molar-refractivity contribution in [2.24, 2.45) is 0 Å². The Morgan fingerprint density at radius 2 is 1.79 bits per heavy atom. The van der Waals surface area contributed by atoms with Crippen molar-refractivity contribution in [3.8, 4) is 16.9 Å². The Kier molecular flexibility index (Phi) is 4.81. The molecule has 2 aromatic carbocycles. The quantitative estimate of drug-likeness (QED) is 0.607. The second-order valence-electron chi connectivity index (χ2n) is 5.30. The van der Waals surface area contributed by atoms with Gasteiger partial charge in [0.25, 0.3) is 0 Å². The molecule has 0 saturated carbocycles. The first-order chi connectivity index (χ1) is 11.6. The van der Waals surface area contributed by atoms with Gasteiger partial charge < -0.3 is 4.74 Å². The number of aromatic nitrogens is 2. The van der Waals surface area contributed by atoms with Gasteiger partial charge in [-0.05, 0) is 38.1 Å². The molecule has 5 heteroatoms. The lowest BCUT2D eigenvalue weighted by Gasteiger charge is -2.08. The van der Waals surface area contributed by atoms with Crippen LogP contribution in [0.1, 0.15) is 23.0 Å². The Bertz CT molecular complexity index is 855. The zero-order valence-corrected chi connectivity index (χ0v) is 15.1. The van der Waals surface area contributed by atoms with Gasteiger partial charge in [-0.1, -0.05) is 46.3 Å². The monoisotopic (exact) mass is 384 g/mol. The smallest absolute Gasteiger partial charge is 0.359 e. The van der Waals surface area contributed by atoms with Gasteiger partial charge in [0, 0.05) is 15.6 Å². The van der Waals surface area contributed by atoms with E-state index in [1.807, 2.05) is 61.5 Å². The van der Waals surface area contributed by atoms with Gasteiger partial charge in [0.2, 0.25) is 0 Å². The normalized spacial score (nSPS) is 10.6. The topological polar surface area (TPSA) is 44.1 Å². The van der Waals surface area contributed by atoms with Crippen LogP contribution in [-0.2, 0) is 4.74 Å². The van der Waals surface area contributed by atoms with Crippen LogP contribution < -0.4 is 0 Å². The molecule has 0 aliphatic heterocycles. The van der Waals surface area contributed by atoms with Crippen LogP contribution in [0.25, 0.3) is 16.9 Å². The number of rotatable bonds is 4. The molecule has 0 unspecified atom stereocenters. The van der Waals surface area contributed by atoms with Gasteiger partial charge in [0.15, 0.2) is 5.69 Å². The molecule has 122 valence electrons. The zero-order valence-electron chi connectivity index (χ0n) is 13.5. The first kappa shape index (κ1) is 16.5. The van der Waals surface area contributed by atoms with E-state index in [4.69, 9.17) is 4.74 Å². The number of ether oxygens (including phenoxy) is 1. The van der Waals surface area contributed by atoms with E-state index in [0.717, 1.165) is 27.0 Å². The highest BCUT2D eigenvalue weighted by Crippen LogP contribution is 2.29. The molecule has 0 saturated heterocycles. The molecule has 0 aliphatic rings. The number of hydrogen-bond acceptors (Lipinski definition) is 3. The fourth-order valence-corrected chi connectivity index (χ4v) is 2.86. The maximum atomic E-state index is 12.2. The van der Waals surface area contributed by atoms with E-state index in [-0.39, 0.29) is 0 Å². The van der Waals surface area contributed by atoms with Crippen LogP contribution in [0.5, 0.6) is 0 Å². The fourth-order valence-electron chi connectivity index (χ4n) is 2.59. The second kappa shape index (κ2) is 7.01. The first-order valence-corrected chi connectivity index (χ1v) is 8.49. The maximum absolute atomic E-state index is 12.2. The molecule has 0 atom stereocenters. The number of halogens is 1. The van der Waals surface area contributed by atoms with Crippen molar-refractivity contribution < 1.29 is 9.53 Å². The van der Waals surface area contributed by atoms with Crippen molar-refractivity contribution in [2.45, 2.75) is 13.8 Å². The Balaban J connectivity index is 2.21. The Morgan fingerprint density at radius 1 is 1.12 bits per heavy atom. The minimum absolute atomic E-state index is 0.323. The predicted octanol–water partition coefficient (Wildman–Crippen LogP) is 4.79. The summed E-state index contributed by atoms with van der Waals surface area (Å²) in [6.07, 6.45) is 0. The van der Waals surface area contributed by atoms with Crippen LogP contribution in [-0.4, -0.2) is 22.4 Å². The summed E-state index contributed by atoms with van der Waals surface area (Å²) < 4.78 is 7.93. The van der Waals surface area contributed by atoms with E-state index in [1.165, 1.54) is 0 Å². The molecule has 0 N–H and O–H groups in total. The summed E-state index contributed by atoms with van der Waals surface area (Å²) in [5.74, 6) is -0.400. The molecule has 24 heavy (non-hydrogen) atoms. The van der Waals surface area contributed by atoms with Gasteiger partial charge in [0.05, 0.1) is 18.0 Å². The number of esters is 1. The molecule has 0 bridgehead atoms. The third-order valence-corrected chi connectivity index (χ3v) is 4.24. The summed E-state index contributed by atoms with van der Waals surface area (Å²) in [5, 5.41) is 4.53. The highest BCUT2D eigenvalue weighted by molar-refractivity contribution is 9.10. The lowest BCUT2D eigenvalue weighted by atomic mass is 10.1. The van der Waals surface area contributed by atoms with Crippen LogP contribution in [0.15, 0.2) is 59.1 Å². The van der Waals surface area contributed by atoms with Crippen LogP contribution in [0.2, 0.25) is 0 Å². The van der Waals surface area contributed by atoms with Crippen molar-refractivity contribution in [1.82, 2.24) is 9.78 Å². The molecular formula is C19H17BrN2O2. The van der Waals surface area contributed by atoms with E-state index in [0.29, 0.717) is 12.3 Å². The number of hydrogen-bond donors (Lipinski definition) is 0. The summed E-state index contributed by atoms with van der Waals surface area (Å²) in [4.78, 5) is 12.2. The van der Waals surface area contributed by atoms with Crippen molar-refractivity contribution in [1.29, 1.82) is 0 Å². The van der Waals surface area contributed by atoms with E-state index in [2.05, 4.69) is 21.0 Å². The average molecular weight is 385 g/mol. The number of carbonyl (C=O) groups excluding carboxylic acids is 1. The van der Waals surface area contributed by atoms with E-state index < -0.39 is 5.97 Å². The van der Waals surface area contributed by atoms with Crippen LogP contribution in [0.4, 0.5) is 0 Å². The number of nitrogens with zero attached hydrogens (tertiary/aromatic N) is 2. The first-order valence-electron chi connectivity index (χ1n) is 7.70. The Morgan fingerprint density at radius 3 is 2.42 bits per heavy atom. The molecule has 3 aromatic rings. The standard InChI is InChI=1S/C19H17BrN2O2/c1-3-24-19(23)17-13(2)18(14-7-5-4-6-8-14)22(21-17)16-11-9-15(20)10-12-16/h4-12H,3H2,1-2H3. The van der Waals surface area contributed by atoms with Gasteiger partial charge in [-0.15, -0.1) is 0 Å². The van der Waals surface area contributed by atoms with Crippen molar-refractivity contribution in [2.75, 3.05) is 6.61 Å². The predicted molar refractivity (Wildman–Crippen MR) is 97.4 cm³/mol. The molecule has 4 nitrogen and oxygen atoms in total. The molecule has 0 aliphatic carbocycles. The third-order valence-electron chi connectivity index (χ3n) is 3.71. The lowest BCUT2D eigenvalue weighted by molar-refractivity contribution is 0.0518. The van der Waals surface area contributed by atoms with Crippen molar-refractivity contribution in [3.63, 3.8) is 0 Å². The minimum atomic E-state index is -0.400. The second-order valence-corrected chi connectivity index (χ2v) is 6.21. The molecular weight excluding hydrogens is 368 g/mol. The molecule has 3 rings (SSSR count). The third kappa shape index (κ3) is 3.12.